The molecular formula is C13H8N2O4S. The highest BCUT2D eigenvalue weighted by Gasteiger charge is 2.15. The number of carbonyl (C=O) groups is 1. The van der Waals surface area contributed by atoms with Crippen LogP contribution in [-0.4, -0.2) is 20.6 Å². The first-order valence-corrected chi connectivity index (χ1v) is 6.58. The van der Waals surface area contributed by atoms with Crippen molar-refractivity contribution in [2.75, 3.05) is 0 Å². The van der Waals surface area contributed by atoms with E-state index in [1.54, 1.807) is 22.9 Å². The van der Waals surface area contributed by atoms with Crippen LogP contribution in [0.1, 0.15) is 10.4 Å². The van der Waals surface area contributed by atoms with Crippen LogP contribution in [0.2, 0.25) is 0 Å². The third-order valence-corrected chi connectivity index (χ3v) is 3.58. The number of aromatic carboxylic acids is 1. The molecule has 3 rings (SSSR count). The molecule has 7 heteroatoms. The Morgan fingerprint density at radius 2 is 2.05 bits per heavy atom. The molecule has 6 nitrogen and oxygen atoms in total. The molecule has 0 fully saturated rings. The van der Waals surface area contributed by atoms with Gasteiger partial charge >= 0.3 is 17.1 Å². The third kappa shape index (κ3) is 1.76. The molecule has 3 aromatic rings. The maximum absolute atomic E-state index is 12.0. The number of hydrogen-bond donors (Lipinski definition) is 2. The summed E-state index contributed by atoms with van der Waals surface area (Å²) >= 11 is 1.38. The molecule has 0 aliphatic heterocycles. The van der Waals surface area contributed by atoms with E-state index < -0.39 is 17.1 Å². The Balaban J connectivity index is 2.55. The van der Waals surface area contributed by atoms with Crippen LogP contribution in [0.25, 0.3) is 16.7 Å². The molecule has 100 valence electrons. The van der Waals surface area contributed by atoms with Gasteiger partial charge in [-0.1, -0.05) is 6.07 Å². The number of nitrogens with one attached hydrogen (secondary N) is 1. The van der Waals surface area contributed by atoms with E-state index in [0.717, 1.165) is 0 Å². The summed E-state index contributed by atoms with van der Waals surface area (Å²) in [5, 5.41) is 12.6. The summed E-state index contributed by atoms with van der Waals surface area (Å²) in [6.45, 7) is 0. The van der Waals surface area contributed by atoms with Gasteiger partial charge < -0.3 is 10.1 Å². The maximum Gasteiger partial charge on any atom is 0.337 e. The number of fused-ring (bicyclic) bond motifs is 1. The number of para-hydroxylation sites is 1. The highest BCUT2D eigenvalue weighted by Crippen LogP contribution is 2.18. The Morgan fingerprint density at radius 1 is 1.25 bits per heavy atom. The second kappa shape index (κ2) is 4.46. The Labute approximate surface area is 115 Å². The zero-order valence-corrected chi connectivity index (χ0v) is 10.8. The number of nitrogens with zero attached hydrogens (tertiary/aromatic N) is 1. The molecule has 2 aromatic heterocycles. The summed E-state index contributed by atoms with van der Waals surface area (Å²) in [6, 6.07) is 6.20. The summed E-state index contributed by atoms with van der Waals surface area (Å²) < 4.78 is 1.22. The number of H-pyrrole nitrogens is 1. The van der Waals surface area contributed by atoms with Crippen LogP contribution in [0, 0.1) is 0 Å². The number of hydrogen-bond acceptors (Lipinski definition) is 4. The Kier molecular flexibility index (Phi) is 2.76. The number of thiophene rings is 1. The number of carboxylic acid groups (broad SMARTS) is 1. The fourth-order valence-corrected chi connectivity index (χ4v) is 2.67. The lowest BCUT2D eigenvalue weighted by Gasteiger charge is -2.09. The van der Waals surface area contributed by atoms with Crippen molar-refractivity contribution in [1.82, 2.24) is 9.55 Å². The van der Waals surface area contributed by atoms with E-state index in [-0.39, 0.29) is 11.1 Å². The second-order valence-corrected chi connectivity index (χ2v) is 4.86. The van der Waals surface area contributed by atoms with Gasteiger partial charge in [0, 0.05) is 5.38 Å². The number of aromatic nitrogens is 2. The summed E-state index contributed by atoms with van der Waals surface area (Å²) in [4.78, 5) is 37.3. The summed E-state index contributed by atoms with van der Waals surface area (Å²) in [5.74, 6) is -1.17. The van der Waals surface area contributed by atoms with Gasteiger partial charge in [-0.25, -0.2) is 4.79 Å². The molecule has 2 heterocycles. The van der Waals surface area contributed by atoms with E-state index in [4.69, 9.17) is 5.11 Å². The predicted octanol–water partition coefficient (Wildman–Crippen LogP) is 1.44. The largest absolute Gasteiger partial charge is 0.478 e. The van der Waals surface area contributed by atoms with Crippen LogP contribution < -0.4 is 11.1 Å². The van der Waals surface area contributed by atoms with Crippen molar-refractivity contribution in [2.45, 2.75) is 0 Å². The van der Waals surface area contributed by atoms with Gasteiger partial charge in [0.05, 0.1) is 22.3 Å². The molecule has 0 amide bonds. The van der Waals surface area contributed by atoms with Gasteiger partial charge in [0.15, 0.2) is 0 Å². The van der Waals surface area contributed by atoms with Crippen molar-refractivity contribution in [3.8, 4) is 5.69 Å². The molecule has 20 heavy (non-hydrogen) atoms. The van der Waals surface area contributed by atoms with E-state index in [9.17, 15) is 14.4 Å². The molecule has 0 unspecified atom stereocenters. The van der Waals surface area contributed by atoms with Crippen LogP contribution >= 0.6 is 11.3 Å². The third-order valence-electron chi connectivity index (χ3n) is 2.91. The number of carboxylic acids is 1. The van der Waals surface area contributed by atoms with Crippen molar-refractivity contribution in [2.24, 2.45) is 0 Å². The molecule has 2 N–H and O–H groups in total. The second-order valence-electron chi connectivity index (χ2n) is 4.08. The summed E-state index contributed by atoms with van der Waals surface area (Å²) in [6.07, 6.45) is 0. The molecule has 1 aromatic carbocycles. The maximum atomic E-state index is 12.0. The minimum Gasteiger partial charge on any atom is -0.478 e. The molecule has 0 aliphatic carbocycles. The Hall–Kier alpha value is -2.67. The van der Waals surface area contributed by atoms with Crippen molar-refractivity contribution < 1.29 is 9.90 Å². The van der Waals surface area contributed by atoms with E-state index in [1.807, 2.05) is 0 Å². The first-order chi connectivity index (χ1) is 9.59. The minimum atomic E-state index is -1.17. The lowest BCUT2D eigenvalue weighted by atomic mass is 10.1. The van der Waals surface area contributed by atoms with E-state index in [1.165, 1.54) is 28.0 Å². The van der Waals surface area contributed by atoms with Gasteiger partial charge in [0.2, 0.25) is 0 Å². The number of benzene rings is 1. The smallest absolute Gasteiger partial charge is 0.337 e. The monoisotopic (exact) mass is 288 g/mol. The van der Waals surface area contributed by atoms with Crippen molar-refractivity contribution in [1.29, 1.82) is 0 Å². The fourth-order valence-electron chi connectivity index (χ4n) is 2.05. The average molecular weight is 288 g/mol. The first kappa shape index (κ1) is 12.4. The van der Waals surface area contributed by atoms with E-state index >= 15 is 0 Å². The minimum absolute atomic E-state index is 0.0522. The van der Waals surface area contributed by atoms with Gasteiger partial charge in [-0.15, -0.1) is 0 Å². The van der Waals surface area contributed by atoms with E-state index in [2.05, 4.69) is 4.98 Å². The van der Waals surface area contributed by atoms with Crippen molar-refractivity contribution in [3.05, 3.63) is 61.3 Å². The highest BCUT2D eigenvalue weighted by atomic mass is 32.1. The molecule has 0 aliphatic rings. The predicted molar refractivity (Wildman–Crippen MR) is 75.0 cm³/mol. The van der Waals surface area contributed by atoms with Crippen LogP contribution in [-0.2, 0) is 0 Å². The molecule has 0 saturated heterocycles. The standard InChI is InChI=1S/C13H8N2O4S/c16-11-12(17)15(7-4-5-20-6-7)9-3-1-2-8(13(18)19)10(9)14-11/h1-6H,(H,14,16)(H,18,19). The van der Waals surface area contributed by atoms with Gasteiger partial charge in [0.25, 0.3) is 0 Å². The quantitative estimate of drug-likeness (QED) is 0.698. The first-order valence-electron chi connectivity index (χ1n) is 5.63. The fraction of sp³-hybridized carbons (Fsp3) is 0. The van der Waals surface area contributed by atoms with Crippen LogP contribution in [0.5, 0.6) is 0 Å². The molecule has 0 radical (unpaired) electrons. The molecular weight excluding hydrogens is 280 g/mol. The summed E-state index contributed by atoms with van der Waals surface area (Å²) in [5.41, 5.74) is -0.609. The zero-order valence-electron chi connectivity index (χ0n) is 9.99. The zero-order chi connectivity index (χ0) is 14.3. The Bertz CT molecular complexity index is 922. The number of rotatable bonds is 2. The topological polar surface area (TPSA) is 92.2 Å². The Morgan fingerprint density at radius 3 is 2.70 bits per heavy atom. The lowest BCUT2D eigenvalue weighted by Crippen LogP contribution is -2.35. The van der Waals surface area contributed by atoms with Crippen LogP contribution in [0.3, 0.4) is 0 Å². The van der Waals surface area contributed by atoms with Crippen molar-refractivity contribution in [3.63, 3.8) is 0 Å². The van der Waals surface area contributed by atoms with Gasteiger partial charge in [0.1, 0.15) is 0 Å². The van der Waals surface area contributed by atoms with Gasteiger partial charge in [-0.2, -0.15) is 11.3 Å². The average Bonchev–Trinajstić information content (AvgIpc) is 2.93. The van der Waals surface area contributed by atoms with Crippen molar-refractivity contribution >= 4 is 28.3 Å². The molecule has 0 spiro atoms. The number of aromatic amines is 1. The molecule has 0 bridgehead atoms. The molecule has 0 atom stereocenters. The van der Waals surface area contributed by atoms with Gasteiger partial charge in [-0.3, -0.25) is 14.2 Å². The summed E-state index contributed by atoms with van der Waals surface area (Å²) in [7, 11) is 0. The molecule has 0 saturated carbocycles. The SMILES string of the molecule is O=C(O)c1cccc2c1[nH]c(=O)c(=O)n2-c1ccsc1. The highest BCUT2D eigenvalue weighted by molar-refractivity contribution is 7.08. The van der Waals surface area contributed by atoms with Gasteiger partial charge in [-0.05, 0) is 23.6 Å². The van der Waals surface area contributed by atoms with Crippen LogP contribution in [0.15, 0.2) is 44.6 Å². The lowest BCUT2D eigenvalue weighted by molar-refractivity contribution is 0.0699. The van der Waals surface area contributed by atoms with Crippen LogP contribution in [0.4, 0.5) is 0 Å². The normalized spacial score (nSPS) is 10.8. The van der Waals surface area contributed by atoms with E-state index in [0.29, 0.717) is 11.2 Å².